The van der Waals surface area contributed by atoms with Crippen LogP contribution in [0.3, 0.4) is 0 Å². The second kappa shape index (κ2) is 9.53. The van der Waals surface area contributed by atoms with E-state index < -0.39 is 27.6 Å². The van der Waals surface area contributed by atoms with Gasteiger partial charge in [-0.2, -0.15) is 9.40 Å². The predicted molar refractivity (Wildman–Crippen MR) is 139 cm³/mol. The Labute approximate surface area is 224 Å². The minimum absolute atomic E-state index is 0.00955. The van der Waals surface area contributed by atoms with Crippen molar-refractivity contribution >= 4 is 27.9 Å². The maximum atomic E-state index is 13.7. The Hall–Kier alpha value is -3.64. The summed E-state index contributed by atoms with van der Waals surface area (Å²) in [4.78, 5) is 19.4. The maximum absolute atomic E-state index is 13.7. The number of rotatable bonds is 5. The van der Waals surface area contributed by atoms with Gasteiger partial charge in [-0.3, -0.25) is 4.79 Å². The first-order valence-electron chi connectivity index (χ1n) is 12.7. The van der Waals surface area contributed by atoms with Gasteiger partial charge in [-0.15, -0.1) is 0 Å². The van der Waals surface area contributed by atoms with Crippen LogP contribution in [0.2, 0.25) is 0 Å². The van der Waals surface area contributed by atoms with Crippen molar-refractivity contribution in [3.8, 4) is 5.69 Å². The summed E-state index contributed by atoms with van der Waals surface area (Å²) >= 11 is 0. The zero-order chi connectivity index (χ0) is 27.4. The van der Waals surface area contributed by atoms with E-state index in [9.17, 15) is 22.0 Å². The average molecular weight is 556 g/mol. The van der Waals surface area contributed by atoms with Crippen LogP contribution in [0.5, 0.6) is 0 Å². The number of anilines is 1. The number of esters is 1. The van der Waals surface area contributed by atoms with E-state index in [-0.39, 0.29) is 36.8 Å². The first-order chi connectivity index (χ1) is 18.7. The first-order valence-corrected chi connectivity index (χ1v) is 14.1. The molecule has 2 fully saturated rings. The fraction of sp³-hybridized carbons (Fsp3) is 0.370. The summed E-state index contributed by atoms with van der Waals surface area (Å²) in [5.41, 5.74) is 1.76. The molecule has 0 spiro atoms. The van der Waals surface area contributed by atoms with Crippen LogP contribution in [0.25, 0.3) is 11.8 Å². The van der Waals surface area contributed by atoms with Gasteiger partial charge < -0.3 is 9.64 Å². The van der Waals surface area contributed by atoms with E-state index >= 15 is 0 Å². The van der Waals surface area contributed by atoms with Crippen molar-refractivity contribution in [3.05, 3.63) is 71.4 Å². The van der Waals surface area contributed by atoms with E-state index in [0.29, 0.717) is 30.9 Å². The molecule has 2 aromatic heterocycles. The molecule has 2 saturated heterocycles. The van der Waals surface area contributed by atoms with Crippen molar-refractivity contribution in [2.75, 3.05) is 38.2 Å². The van der Waals surface area contributed by atoms with Crippen LogP contribution in [-0.4, -0.2) is 72.9 Å². The molecular formula is C27H27F2N5O4S. The molecule has 3 aliphatic rings. The van der Waals surface area contributed by atoms with Gasteiger partial charge in [-0.1, -0.05) is 0 Å². The molecule has 2 aliphatic heterocycles. The van der Waals surface area contributed by atoms with E-state index in [4.69, 9.17) is 4.74 Å². The number of nitrogens with zero attached hydrogens (tertiary/aromatic N) is 5. The van der Waals surface area contributed by atoms with Gasteiger partial charge in [-0.05, 0) is 72.9 Å². The quantitative estimate of drug-likeness (QED) is 0.446. The molecule has 12 heteroatoms. The van der Waals surface area contributed by atoms with E-state index in [2.05, 4.69) is 10.1 Å². The Kier molecular flexibility index (Phi) is 6.26. The molecule has 0 bridgehead atoms. The number of alkyl halides is 1. The number of carbonyl (C=O) groups excluding carboxylic acids is 1. The molecule has 9 nitrogen and oxygen atoms in total. The van der Waals surface area contributed by atoms with E-state index in [1.807, 2.05) is 6.08 Å². The average Bonchev–Trinajstić information content (AvgIpc) is 3.57. The van der Waals surface area contributed by atoms with Crippen molar-refractivity contribution in [3.63, 3.8) is 0 Å². The third-order valence-corrected chi connectivity index (χ3v) is 9.67. The monoisotopic (exact) mass is 555 g/mol. The number of pyridine rings is 1. The Morgan fingerprint density at radius 1 is 1.13 bits per heavy atom. The van der Waals surface area contributed by atoms with Crippen LogP contribution in [-0.2, 0) is 26.0 Å². The number of fused-ring (bicyclic) bond motifs is 2. The summed E-state index contributed by atoms with van der Waals surface area (Å²) in [6.45, 7) is 0.849. The Bertz CT molecular complexity index is 1560. The minimum Gasteiger partial charge on any atom is -0.468 e. The molecule has 0 saturated carbocycles. The molecule has 2 unspecified atom stereocenters. The summed E-state index contributed by atoms with van der Waals surface area (Å²) < 4.78 is 62.6. The molecule has 6 rings (SSSR count). The molecule has 0 amide bonds. The van der Waals surface area contributed by atoms with Gasteiger partial charge in [0.15, 0.2) is 0 Å². The number of halogens is 2. The topological polar surface area (TPSA) is 97.6 Å². The van der Waals surface area contributed by atoms with Gasteiger partial charge >= 0.3 is 5.97 Å². The normalized spacial score (nSPS) is 23.2. The highest BCUT2D eigenvalue weighted by Gasteiger charge is 2.51. The van der Waals surface area contributed by atoms with Crippen LogP contribution < -0.4 is 4.90 Å². The molecule has 204 valence electrons. The van der Waals surface area contributed by atoms with Crippen LogP contribution in [0, 0.1) is 11.2 Å². The highest BCUT2D eigenvalue weighted by atomic mass is 32.2. The summed E-state index contributed by atoms with van der Waals surface area (Å²) in [5, 5.41) is 4.46. The van der Waals surface area contributed by atoms with Gasteiger partial charge in [0.05, 0.1) is 31.2 Å². The number of piperidine rings is 1. The molecule has 0 radical (unpaired) electrons. The molecule has 0 N–H and O–H groups in total. The van der Waals surface area contributed by atoms with E-state index in [0.717, 1.165) is 16.8 Å². The number of ether oxygens (including phenoxy) is 1. The van der Waals surface area contributed by atoms with Gasteiger partial charge in [0.25, 0.3) is 0 Å². The van der Waals surface area contributed by atoms with E-state index in [1.54, 1.807) is 34.0 Å². The number of aromatic nitrogens is 3. The van der Waals surface area contributed by atoms with E-state index in [1.165, 1.54) is 35.8 Å². The van der Waals surface area contributed by atoms with Crippen molar-refractivity contribution in [1.82, 2.24) is 19.1 Å². The zero-order valence-corrected chi connectivity index (χ0v) is 22.1. The number of methoxy groups -OCH3 is 1. The Morgan fingerprint density at radius 2 is 1.92 bits per heavy atom. The summed E-state index contributed by atoms with van der Waals surface area (Å²) in [6, 6.07) is 9.02. The second-order valence-electron chi connectivity index (χ2n) is 10.1. The number of hydrogen-bond acceptors (Lipinski definition) is 7. The predicted octanol–water partition coefficient (Wildman–Crippen LogP) is 3.15. The molecule has 3 aromatic rings. The lowest BCUT2D eigenvalue weighted by molar-refractivity contribution is -0.151. The molecule has 39 heavy (non-hydrogen) atoms. The number of sulfonamides is 1. The van der Waals surface area contributed by atoms with Crippen LogP contribution >= 0.6 is 0 Å². The molecule has 4 heterocycles. The third kappa shape index (κ3) is 4.31. The van der Waals surface area contributed by atoms with Crippen LogP contribution in [0.4, 0.5) is 14.6 Å². The zero-order valence-electron chi connectivity index (χ0n) is 21.3. The van der Waals surface area contributed by atoms with Gasteiger partial charge in [0.1, 0.15) is 28.1 Å². The minimum atomic E-state index is -3.98. The maximum Gasteiger partial charge on any atom is 0.317 e. The SMILES string of the molecule is COC(=O)C12Cc3cnn(-c4ccc(F)cc4)c3C=C1CCN(S(=O)(=O)c1ccc(N3CCC(F)C3)nc1)C2. The van der Waals surface area contributed by atoms with Crippen molar-refractivity contribution in [1.29, 1.82) is 0 Å². The van der Waals surface area contributed by atoms with Crippen molar-refractivity contribution in [2.24, 2.45) is 5.41 Å². The summed E-state index contributed by atoms with van der Waals surface area (Å²) in [5.74, 6) is -0.343. The molecule has 1 aromatic carbocycles. The largest absolute Gasteiger partial charge is 0.468 e. The van der Waals surface area contributed by atoms with Crippen LogP contribution in [0.1, 0.15) is 24.1 Å². The molecule has 1 aliphatic carbocycles. The van der Waals surface area contributed by atoms with Gasteiger partial charge in [0, 0.05) is 25.8 Å². The second-order valence-corrected chi connectivity index (χ2v) is 12.1. The van der Waals surface area contributed by atoms with Crippen molar-refractivity contribution < 1.29 is 26.7 Å². The lowest BCUT2D eigenvalue weighted by Gasteiger charge is -2.43. The lowest BCUT2D eigenvalue weighted by atomic mass is 9.69. The molecule has 2 atom stereocenters. The third-order valence-electron chi connectivity index (χ3n) is 7.84. The fourth-order valence-electron chi connectivity index (χ4n) is 5.76. The smallest absolute Gasteiger partial charge is 0.317 e. The first kappa shape index (κ1) is 25.6. The summed E-state index contributed by atoms with van der Waals surface area (Å²) in [7, 11) is -2.68. The highest BCUT2D eigenvalue weighted by molar-refractivity contribution is 7.89. The van der Waals surface area contributed by atoms with Crippen LogP contribution in [0.15, 0.2) is 59.3 Å². The fourth-order valence-corrected chi connectivity index (χ4v) is 7.21. The highest BCUT2D eigenvalue weighted by Crippen LogP contribution is 2.46. The van der Waals surface area contributed by atoms with Crippen molar-refractivity contribution in [2.45, 2.75) is 30.3 Å². The Balaban J connectivity index is 1.30. The standard InChI is InChI=1S/C27H27F2N5O4S/c1-38-26(35)27-13-18-14-31-34(22-4-2-20(28)3-5-22)24(18)12-19(27)8-11-33(17-27)39(36,37)23-6-7-25(30-15-23)32-10-9-21(29)16-32/h2-7,12,14-15,21H,8-11,13,16-17H2,1H3. The Morgan fingerprint density at radius 3 is 2.59 bits per heavy atom. The number of hydrogen-bond donors (Lipinski definition) is 0. The number of benzene rings is 1. The van der Waals surface area contributed by atoms with Gasteiger partial charge in [0.2, 0.25) is 10.0 Å². The number of carbonyl (C=O) groups is 1. The lowest BCUT2D eigenvalue weighted by Crippen LogP contribution is -2.53. The summed E-state index contributed by atoms with van der Waals surface area (Å²) in [6.07, 6.45) is 4.85. The molecular weight excluding hydrogens is 528 g/mol. The van der Waals surface area contributed by atoms with Gasteiger partial charge in [-0.25, -0.2) is 26.9 Å².